The molecule has 0 aliphatic carbocycles. The molecule has 3 heterocycles. The zero-order valence-corrected chi connectivity index (χ0v) is 20.8. The van der Waals surface area contributed by atoms with Gasteiger partial charge in [0.1, 0.15) is 11.3 Å². The van der Waals surface area contributed by atoms with Crippen molar-refractivity contribution >= 4 is 23.1 Å². The Kier molecular flexibility index (Phi) is 6.53. The van der Waals surface area contributed by atoms with Gasteiger partial charge in [0.05, 0.1) is 31.5 Å². The van der Waals surface area contributed by atoms with Crippen LogP contribution in [0.15, 0.2) is 42.1 Å². The molecule has 35 heavy (non-hydrogen) atoms. The zero-order chi connectivity index (χ0) is 25.4. The molecule has 1 N–H and O–H groups in total. The van der Waals surface area contributed by atoms with Gasteiger partial charge in [-0.2, -0.15) is 0 Å². The van der Waals surface area contributed by atoms with Crippen LogP contribution in [0, 0.1) is 13.8 Å². The molecule has 1 atom stereocenters. The lowest BCUT2D eigenvalue weighted by atomic mass is 9.95. The van der Waals surface area contributed by atoms with Gasteiger partial charge in [-0.25, -0.2) is 4.98 Å². The molecule has 0 bridgehead atoms. The van der Waals surface area contributed by atoms with E-state index in [1.165, 1.54) is 19.1 Å². The molecule has 1 saturated heterocycles. The van der Waals surface area contributed by atoms with E-state index in [0.717, 1.165) is 5.56 Å². The van der Waals surface area contributed by atoms with Gasteiger partial charge in [-0.15, -0.1) is 0 Å². The van der Waals surface area contributed by atoms with Gasteiger partial charge in [0, 0.05) is 24.8 Å². The number of aliphatic hydroxyl groups excluding tert-OH is 1. The number of ketones is 1. The number of likely N-dealkylation sites (N-methyl/N-ethyl adjacent to an activating group) is 1. The molecule has 4 rings (SSSR count). The van der Waals surface area contributed by atoms with Crippen LogP contribution in [-0.2, 0) is 9.59 Å². The number of rotatable bonds is 7. The smallest absolute Gasteiger partial charge is 0.295 e. The first-order chi connectivity index (χ1) is 16.7. The number of nitrogens with zero attached hydrogens (tertiary/aromatic N) is 4. The number of likely N-dealkylation sites (tertiary alicyclic amines) is 1. The Bertz CT molecular complexity index is 1340. The van der Waals surface area contributed by atoms with E-state index in [1.807, 2.05) is 38.1 Å². The molecule has 1 aliphatic heterocycles. The van der Waals surface area contributed by atoms with Crippen LogP contribution in [0.25, 0.3) is 11.4 Å². The summed E-state index contributed by atoms with van der Waals surface area (Å²) in [6.45, 7) is 4.51. The fourth-order valence-corrected chi connectivity index (χ4v) is 4.60. The van der Waals surface area contributed by atoms with Crippen LogP contribution in [0.5, 0.6) is 11.5 Å². The molecule has 9 heteroatoms. The summed E-state index contributed by atoms with van der Waals surface area (Å²) in [5.74, 6) is -0.844. The second-order valence-corrected chi connectivity index (χ2v) is 8.81. The van der Waals surface area contributed by atoms with Gasteiger partial charge in [-0.1, -0.05) is 18.2 Å². The Hall–Kier alpha value is -3.85. The fraction of sp³-hybridized carbons (Fsp3) is 0.346. The van der Waals surface area contributed by atoms with Crippen molar-refractivity contribution in [3.05, 3.63) is 64.6 Å². The quantitative estimate of drug-likeness (QED) is 0.317. The molecule has 1 aliphatic rings. The predicted molar refractivity (Wildman–Crippen MR) is 132 cm³/mol. The second kappa shape index (κ2) is 9.42. The third kappa shape index (κ3) is 4.01. The molecule has 3 aromatic rings. The number of methoxy groups -OCH3 is 2. The van der Waals surface area contributed by atoms with E-state index in [9.17, 15) is 14.7 Å². The highest BCUT2D eigenvalue weighted by atomic mass is 16.5. The lowest BCUT2D eigenvalue weighted by Crippen LogP contribution is -2.35. The number of imidazole rings is 1. The molecule has 0 radical (unpaired) electrons. The minimum atomic E-state index is -0.866. The molecular weight excluding hydrogens is 448 g/mol. The van der Waals surface area contributed by atoms with Crippen molar-refractivity contribution in [2.75, 3.05) is 41.4 Å². The van der Waals surface area contributed by atoms with Crippen LogP contribution in [-0.4, -0.2) is 77.4 Å². The summed E-state index contributed by atoms with van der Waals surface area (Å²) < 4.78 is 12.9. The third-order valence-corrected chi connectivity index (χ3v) is 6.30. The van der Waals surface area contributed by atoms with Crippen molar-refractivity contribution in [1.29, 1.82) is 0 Å². The predicted octanol–water partition coefficient (Wildman–Crippen LogP) is 2.95. The largest absolute Gasteiger partial charge is 0.505 e. The number of hydrogen-bond donors (Lipinski definition) is 1. The number of Topliss-reactive ketones (excluding diaryl/α,β-unsaturated/α-hetero) is 1. The standard InChI is InChI=1S/C26H30N4O5/c1-15-9-8-12-29-20(16(2)27-25(15)29)22(31)19-21(17-10-7-11-18(34-5)24(17)35-6)30(14-13-28(3)4)26(33)23(19)32/h7-12,21,31H,13-14H2,1-6H3/t21-/m1/s1. The molecule has 1 fully saturated rings. The van der Waals surface area contributed by atoms with Crippen LogP contribution in [0.1, 0.15) is 28.6 Å². The second-order valence-electron chi connectivity index (χ2n) is 8.81. The van der Waals surface area contributed by atoms with Crippen molar-refractivity contribution in [2.45, 2.75) is 19.9 Å². The van der Waals surface area contributed by atoms with E-state index in [0.29, 0.717) is 40.6 Å². The Morgan fingerprint density at radius 1 is 1.11 bits per heavy atom. The fourth-order valence-electron chi connectivity index (χ4n) is 4.60. The topological polar surface area (TPSA) is 96.6 Å². The van der Waals surface area contributed by atoms with E-state index in [4.69, 9.17) is 9.47 Å². The van der Waals surface area contributed by atoms with E-state index in [-0.39, 0.29) is 17.9 Å². The molecule has 1 amide bonds. The van der Waals surface area contributed by atoms with Gasteiger partial charge in [-0.05, 0) is 45.6 Å². The summed E-state index contributed by atoms with van der Waals surface area (Å²) in [5, 5.41) is 11.6. The zero-order valence-electron chi connectivity index (χ0n) is 20.8. The number of aliphatic hydroxyl groups is 1. The number of amides is 1. The number of carbonyl (C=O) groups excluding carboxylic acids is 2. The van der Waals surface area contributed by atoms with Gasteiger partial charge >= 0.3 is 0 Å². The Labute approximate surface area is 204 Å². The van der Waals surface area contributed by atoms with Crippen molar-refractivity contribution in [3.8, 4) is 11.5 Å². The lowest BCUT2D eigenvalue weighted by molar-refractivity contribution is -0.140. The van der Waals surface area contributed by atoms with Crippen molar-refractivity contribution < 1.29 is 24.2 Å². The van der Waals surface area contributed by atoms with Gasteiger partial charge < -0.3 is 24.4 Å². The number of benzene rings is 1. The molecule has 0 saturated carbocycles. The summed E-state index contributed by atoms with van der Waals surface area (Å²) >= 11 is 0. The highest BCUT2D eigenvalue weighted by Crippen LogP contribution is 2.45. The van der Waals surface area contributed by atoms with E-state index in [1.54, 1.807) is 35.7 Å². The van der Waals surface area contributed by atoms with Crippen LogP contribution in [0.2, 0.25) is 0 Å². The van der Waals surface area contributed by atoms with E-state index < -0.39 is 17.7 Å². The van der Waals surface area contributed by atoms with Gasteiger partial charge in [-0.3, -0.25) is 14.0 Å². The van der Waals surface area contributed by atoms with Gasteiger partial charge in [0.15, 0.2) is 17.3 Å². The Morgan fingerprint density at radius 2 is 1.86 bits per heavy atom. The number of fused-ring (bicyclic) bond motifs is 1. The average molecular weight is 479 g/mol. The van der Waals surface area contributed by atoms with Crippen LogP contribution < -0.4 is 9.47 Å². The minimum absolute atomic E-state index is 0.00767. The van der Waals surface area contributed by atoms with Gasteiger partial charge in [0.25, 0.3) is 11.7 Å². The lowest BCUT2D eigenvalue weighted by Gasteiger charge is -2.28. The van der Waals surface area contributed by atoms with E-state index >= 15 is 0 Å². The van der Waals surface area contributed by atoms with Crippen molar-refractivity contribution in [1.82, 2.24) is 19.2 Å². The number of pyridine rings is 1. The highest BCUT2D eigenvalue weighted by molar-refractivity contribution is 6.46. The average Bonchev–Trinajstić information content (AvgIpc) is 3.30. The maximum absolute atomic E-state index is 13.4. The number of ether oxygens (including phenoxy) is 2. The summed E-state index contributed by atoms with van der Waals surface area (Å²) in [6, 6.07) is 8.19. The molecule has 9 nitrogen and oxygen atoms in total. The summed E-state index contributed by atoms with van der Waals surface area (Å²) in [4.78, 5) is 34.7. The van der Waals surface area contributed by atoms with Crippen LogP contribution in [0.3, 0.4) is 0 Å². The third-order valence-electron chi connectivity index (χ3n) is 6.30. The van der Waals surface area contributed by atoms with Crippen LogP contribution in [0.4, 0.5) is 0 Å². The molecule has 184 valence electrons. The normalized spacial score (nSPS) is 17.6. The van der Waals surface area contributed by atoms with Crippen molar-refractivity contribution in [2.24, 2.45) is 0 Å². The van der Waals surface area contributed by atoms with Gasteiger partial charge in [0.2, 0.25) is 0 Å². The SMILES string of the molecule is COc1cccc([C@@H]2C(=C(O)c3c(C)nc4c(C)cccn34)C(=O)C(=O)N2CCN(C)C)c1OC. The first kappa shape index (κ1) is 24.3. The summed E-state index contributed by atoms with van der Waals surface area (Å²) in [7, 11) is 6.81. The molecule has 0 spiro atoms. The Balaban J connectivity index is 2.01. The summed E-state index contributed by atoms with van der Waals surface area (Å²) in [6.07, 6.45) is 1.78. The number of aromatic nitrogens is 2. The summed E-state index contributed by atoms with van der Waals surface area (Å²) in [5.41, 5.74) is 3.06. The maximum Gasteiger partial charge on any atom is 0.295 e. The van der Waals surface area contributed by atoms with E-state index in [2.05, 4.69) is 4.98 Å². The molecule has 1 aromatic carbocycles. The number of para-hydroxylation sites is 1. The molecular formula is C26H30N4O5. The highest BCUT2D eigenvalue weighted by Gasteiger charge is 2.47. The minimum Gasteiger partial charge on any atom is -0.505 e. The first-order valence-electron chi connectivity index (χ1n) is 11.3. The molecule has 0 unspecified atom stereocenters. The monoisotopic (exact) mass is 478 g/mol. The van der Waals surface area contributed by atoms with Crippen LogP contribution >= 0.6 is 0 Å². The molecule has 2 aromatic heterocycles. The Morgan fingerprint density at radius 3 is 2.51 bits per heavy atom. The van der Waals surface area contributed by atoms with Crippen molar-refractivity contribution in [3.63, 3.8) is 0 Å². The number of aryl methyl sites for hydroxylation is 2. The first-order valence-corrected chi connectivity index (χ1v) is 11.3. The number of carbonyl (C=O) groups is 2. The number of hydrogen-bond acceptors (Lipinski definition) is 7. The maximum atomic E-state index is 13.4.